The quantitative estimate of drug-likeness (QED) is 0.816. The van der Waals surface area contributed by atoms with Crippen LogP contribution in [0.3, 0.4) is 0 Å². The lowest BCUT2D eigenvalue weighted by molar-refractivity contribution is 0.443. The van der Waals surface area contributed by atoms with Crippen molar-refractivity contribution in [2.45, 2.75) is 13.8 Å². The summed E-state index contributed by atoms with van der Waals surface area (Å²) in [7, 11) is 0. The molecule has 2 aromatic rings. The van der Waals surface area contributed by atoms with Crippen LogP contribution in [0.15, 0.2) is 29.7 Å². The van der Waals surface area contributed by atoms with Crippen molar-refractivity contribution in [1.82, 2.24) is 5.32 Å². The molecule has 1 nitrogen and oxygen atoms in total. The molecule has 1 N–H and O–H groups in total. The Kier molecular flexibility index (Phi) is 2.76. The van der Waals surface area contributed by atoms with Gasteiger partial charge in [-0.25, -0.2) is 4.39 Å². The third-order valence-electron chi connectivity index (χ3n) is 3.59. The molecule has 0 radical (unpaired) electrons. The fourth-order valence-electron chi connectivity index (χ4n) is 2.63. The van der Waals surface area contributed by atoms with Gasteiger partial charge in [0.05, 0.1) is 0 Å². The molecule has 0 unspecified atom stereocenters. The average Bonchev–Trinajstić information content (AvgIpc) is 2.78. The van der Waals surface area contributed by atoms with Crippen LogP contribution in [-0.2, 0) is 0 Å². The fraction of sp³-hybridized carbons (Fsp3) is 0.333. The Labute approximate surface area is 110 Å². The van der Waals surface area contributed by atoms with Gasteiger partial charge in [0.1, 0.15) is 5.82 Å². The maximum Gasteiger partial charge on any atom is 0.132 e. The SMILES string of the molecule is CC1(C)CNCC=C1c1c(F)ccc2ccsc12. The summed E-state index contributed by atoms with van der Waals surface area (Å²) in [4.78, 5) is 0. The summed E-state index contributed by atoms with van der Waals surface area (Å²) in [6, 6.07) is 5.50. The monoisotopic (exact) mass is 261 g/mol. The average molecular weight is 261 g/mol. The number of hydrogen-bond acceptors (Lipinski definition) is 2. The Bertz CT molecular complexity index is 624. The van der Waals surface area contributed by atoms with Crippen LogP contribution < -0.4 is 5.32 Å². The molecule has 3 heteroatoms. The summed E-state index contributed by atoms with van der Waals surface area (Å²) in [6.07, 6.45) is 2.13. The molecule has 0 bridgehead atoms. The molecule has 2 heterocycles. The zero-order chi connectivity index (χ0) is 12.8. The highest BCUT2D eigenvalue weighted by atomic mass is 32.1. The summed E-state index contributed by atoms with van der Waals surface area (Å²) < 4.78 is 15.3. The first-order valence-electron chi connectivity index (χ1n) is 6.17. The van der Waals surface area contributed by atoms with Crippen molar-refractivity contribution < 1.29 is 4.39 Å². The molecule has 94 valence electrons. The van der Waals surface area contributed by atoms with Crippen molar-refractivity contribution in [3.8, 4) is 0 Å². The predicted molar refractivity (Wildman–Crippen MR) is 76.4 cm³/mol. The zero-order valence-electron chi connectivity index (χ0n) is 10.6. The maximum atomic E-state index is 14.3. The molecule has 18 heavy (non-hydrogen) atoms. The van der Waals surface area contributed by atoms with E-state index in [1.54, 1.807) is 17.4 Å². The number of thiophene rings is 1. The largest absolute Gasteiger partial charge is 0.312 e. The molecule has 1 aromatic carbocycles. The van der Waals surface area contributed by atoms with E-state index in [4.69, 9.17) is 0 Å². The summed E-state index contributed by atoms with van der Waals surface area (Å²) in [5, 5.41) is 6.50. The van der Waals surface area contributed by atoms with Crippen molar-refractivity contribution in [3.05, 3.63) is 41.0 Å². The molecule has 1 aromatic heterocycles. The zero-order valence-corrected chi connectivity index (χ0v) is 11.4. The first-order valence-corrected chi connectivity index (χ1v) is 7.05. The second-order valence-corrected chi connectivity index (χ2v) is 6.31. The smallest absolute Gasteiger partial charge is 0.132 e. The molecule has 0 saturated heterocycles. The lowest BCUT2D eigenvalue weighted by Crippen LogP contribution is -2.35. The number of benzene rings is 1. The van der Waals surface area contributed by atoms with Crippen LogP contribution in [0.2, 0.25) is 0 Å². The third-order valence-corrected chi connectivity index (χ3v) is 4.53. The molecule has 1 aliphatic rings. The Balaban J connectivity index is 2.28. The predicted octanol–water partition coefficient (Wildman–Crippen LogP) is 4.05. The number of hydrogen-bond donors (Lipinski definition) is 1. The maximum absolute atomic E-state index is 14.3. The minimum absolute atomic E-state index is 0.0304. The van der Waals surface area contributed by atoms with Gasteiger partial charge in [-0.1, -0.05) is 26.0 Å². The number of nitrogens with one attached hydrogen (secondary N) is 1. The molecule has 0 atom stereocenters. The molecule has 0 saturated carbocycles. The van der Waals surface area contributed by atoms with E-state index in [0.717, 1.165) is 34.3 Å². The summed E-state index contributed by atoms with van der Waals surface area (Å²) in [5.74, 6) is -0.105. The van der Waals surface area contributed by atoms with Crippen LogP contribution in [0.1, 0.15) is 19.4 Å². The number of halogens is 1. The highest BCUT2D eigenvalue weighted by molar-refractivity contribution is 7.17. The van der Waals surface area contributed by atoms with Crippen molar-refractivity contribution in [2.24, 2.45) is 5.41 Å². The summed E-state index contributed by atoms with van der Waals surface area (Å²) in [5.41, 5.74) is 1.90. The van der Waals surface area contributed by atoms with Crippen LogP contribution in [0.25, 0.3) is 15.7 Å². The Hall–Kier alpha value is -1.19. The standard InChI is InChI=1S/C15H16FNS/c1-15(2)9-17-7-5-11(15)13-12(16)4-3-10-6-8-18-14(10)13/h3-6,8,17H,7,9H2,1-2H3. The van der Waals surface area contributed by atoms with Crippen LogP contribution in [-0.4, -0.2) is 13.1 Å². The molecule has 0 fully saturated rings. The Morgan fingerprint density at radius 1 is 1.28 bits per heavy atom. The van der Waals surface area contributed by atoms with Crippen LogP contribution in [0, 0.1) is 11.2 Å². The molecule has 0 spiro atoms. The van der Waals surface area contributed by atoms with E-state index >= 15 is 0 Å². The van der Waals surface area contributed by atoms with Gasteiger partial charge in [-0.2, -0.15) is 0 Å². The lowest BCUT2D eigenvalue weighted by atomic mass is 9.78. The first-order chi connectivity index (χ1) is 8.59. The highest BCUT2D eigenvalue weighted by Crippen LogP contribution is 2.41. The van der Waals surface area contributed by atoms with Crippen LogP contribution in [0.4, 0.5) is 4.39 Å². The van der Waals surface area contributed by atoms with Crippen molar-refractivity contribution in [3.63, 3.8) is 0 Å². The van der Waals surface area contributed by atoms with E-state index in [9.17, 15) is 4.39 Å². The second kappa shape index (κ2) is 4.18. The summed E-state index contributed by atoms with van der Waals surface area (Å²) in [6.45, 7) is 6.04. The van der Waals surface area contributed by atoms with Gasteiger partial charge in [0.15, 0.2) is 0 Å². The van der Waals surface area contributed by atoms with Gasteiger partial charge in [-0.15, -0.1) is 11.3 Å². The van der Waals surface area contributed by atoms with Crippen LogP contribution >= 0.6 is 11.3 Å². The molecule has 1 aliphatic heterocycles. The second-order valence-electron chi connectivity index (χ2n) is 5.39. The molecular weight excluding hydrogens is 245 g/mol. The first kappa shape index (κ1) is 11.9. The summed E-state index contributed by atoms with van der Waals surface area (Å²) >= 11 is 1.62. The van der Waals surface area contributed by atoms with Crippen molar-refractivity contribution in [1.29, 1.82) is 0 Å². The molecule has 3 rings (SSSR count). The van der Waals surface area contributed by atoms with Gasteiger partial charge >= 0.3 is 0 Å². The van der Waals surface area contributed by atoms with E-state index in [0.29, 0.717) is 0 Å². The van der Waals surface area contributed by atoms with Crippen molar-refractivity contribution in [2.75, 3.05) is 13.1 Å². The van der Waals surface area contributed by atoms with Gasteiger partial charge in [-0.05, 0) is 28.5 Å². The van der Waals surface area contributed by atoms with E-state index in [-0.39, 0.29) is 11.2 Å². The van der Waals surface area contributed by atoms with Crippen molar-refractivity contribution >= 4 is 27.0 Å². The van der Waals surface area contributed by atoms with Gasteiger partial charge in [0.25, 0.3) is 0 Å². The van der Waals surface area contributed by atoms with Gasteiger partial charge in [0, 0.05) is 28.8 Å². The van der Waals surface area contributed by atoms with E-state index in [1.807, 2.05) is 11.4 Å². The minimum atomic E-state index is -0.105. The minimum Gasteiger partial charge on any atom is -0.312 e. The Morgan fingerprint density at radius 3 is 2.89 bits per heavy atom. The molecular formula is C15H16FNS. The van der Waals surface area contributed by atoms with Crippen LogP contribution in [0.5, 0.6) is 0 Å². The number of fused-ring (bicyclic) bond motifs is 1. The van der Waals surface area contributed by atoms with E-state index < -0.39 is 0 Å². The third kappa shape index (κ3) is 1.78. The number of rotatable bonds is 1. The molecule has 0 aliphatic carbocycles. The van der Waals surface area contributed by atoms with E-state index in [1.165, 1.54) is 0 Å². The molecule has 0 amide bonds. The highest BCUT2D eigenvalue weighted by Gasteiger charge is 2.29. The van der Waals surface area contributed by atoms with Gasteiger partial charge in [-0.3, -0.25) is 0 Å². The lowest BCUT2D eigenvalue weighted by Gasteiger charge is -2.33. The topological polar surface area (TPSA) is 12.0 Å². The van der Waals surface area contributed by atoms with E-state index in [2.05, 4.69) is 31.3 Å². The van der Waals surface area contributed by atoms with Gasteiger partial charge < -0.3 is 5.32 Å². The fourth-order valence-corrected chi connectivity index (χ4v) is 3.58. The van der Waals surface area contributed by atoms with Gasteiger partial charge in [0.2, 0.25) is 0 Å². The Morgan fingerprint density at radius 2 is 2.11 bits per heavy atom. The normalized spacial score (nSPS) is 18.9.